The maximum atomic E-state index is 12.1. The second-order valence-corrected chi connectivity index (χ2v) is 5.92. The van der Waals surface area contributed by atoms with E-state index in [-0.39, 0.29) is 11.9 Å². The number of rotatable bonds is 5. The molecule has 102 valence electrons. The van der Waals surface area contributed by atoms with Crippen LogP contribution in [0.4, 0.5) is 0 Å². The van der Waals surface area contributed by atoms with E-state index in [4.69, 9.17) is 5.73 Å². The minimum absolute atomic E-state index is 0.0609. The number of nitrogens with two attached hydrogens (primary N) is 1. The smallest absolute Gasteiger partial charge is 0.271 e. The van der Waals surface area contributed by atoms with Gasteiger partial charge in [0.15, 0.2) is 0 Å². The van der Waals surface area contributed by atoms with E-state index in [2.05, 4.69) is 15.3 Å². The summed E-state index contributed by atoms with van der Waals surface area (Å²) in [6, 6.07) is -0.0609. The SMILES string of the molecule is CCC(NC(=O)c1csc(CN)n1)c1nc(C)cs1. The fourth-order valence-corrected chi connectivity index (χ4v) is 3.20. The third-order valence-electron chi connectivity index (χ3n) is 2.61. The van der Waals surface area contributed by atoms with Crippen molar-refractivity contribution in [1.29, 1.82) is 0 Å². The maximum absolute atomic E-state index is 12.1. The highest BCUT2D eigenvalue weighted by molar-refractivity contribution is 7.10. The van der Waals surface area contributed by atoms with Crippen molar-refractivity contribution >= 4 is 28.6 Å². The molecule has 2 rings (SSSR count). The van der Waals surface area contributed by atoms with Gasteiger partial charge < -0.3 is 11.1 Å². The summed E-state index contributed by atoms with van der Waals surface area (Å²) in [5.41, 5.74) is 6.90. The zero-order valence-electron chi connectivity index (χ0n) is 10.8. The molecule has 0 bridgehead atoms. The summed E-state index contributed by atoms with van der Waals surface area (Å²) in [5.74, 6) is -0.171. The van der Waals surface area contributed by atoms with Gasteiger partial charge in [-0.25, -0.2) is 9.97 Å². The van der Waals surface area contributed by atoms with E-state index in [1.165, 1.54) is 11.3 Å². The van der Waals surface area contributed by atoms with Gasteiger partial charge >= 0.3 is 0 Å². The Kier molecular flexibility index (Phi) is 4.62. The summed E-state index contributed by atoms with van der Waals surface area (Å²) in [4.78, 5) is 20.7. The number of thiazole rings is 2. The van der Waals surface area contributed by atoms with E-state index < -0.39 is 0 Å². The van der Waals surface area contributed by atoms with Crippen LogP contribution in [0.25, 0.3) is 0 Å². The van der Waals surface area contributed by atoms with E-state index in [1.54, 1.807) is 16.7 Å². The normalized spacial score (nSPS) is 12.4. The summed E-state index contributed by atoms with van der Waals surface area (Å²) in [7, 11) is 0. The number of aromatic nitrogens is 2. The summed E-state index contributed by atoms with van der Waals surface area (Å²) in [6.45, 7) is 4.33. The topological polar surface area (TPSA) is 80.9 Å². The van der Waals surface area contributed by atoms with Crippen LogP contribution in [0.3, 0.4) is 0 Å². The molecule has 1 unspecified atom stereocenters. The molecule has 5 nitrogen and oxygen atoms in total. The number of nitrogens with zero attached hydrogens (tertiary/aromatic N) is 2. The third-order valence-corrected chi connectivity index (χ3v) is 4.55. The molecular weight excluding hydrogens is 280 g/mol. The monoisotopic (exact) mass is 296 g/mol. The van der Waals surface area contributed by atoms with Crippen LogP contribution in [0, 0.1) is 6.92 Å². The van der Waals surface area contributed by atoms with Crippen LogP contribution < -0.4 is 11.1 Å². The second kappa shape index (κ2) is 6.23. The Hall–Kier alpha value is -1.31. The Labute approximate surface area is 119 Å². The lowest BCUT2D eigenvalue weighted by atomic mass is 10.2. The van der Waals surface area contributed by atoms with E-state index >= 15 is 0 Å². The lowest BCUT2D eigenvalue weighted by Gasteiger charge is -2.13. The zero-order valence-corrected chi connectivity index (χ0v) is 12.5. The molecule has 0 spiro atoms. The molecule has 0 aliphatic heterocycles. The van der Waals surface area contributed by atoms with Gasteiger partial charge in [0.25, 0.3) is 5.91 Å². The first-order chi connectivity index (χ1) is 9.13. The quantitative estimate of drug-likeness (QED) is 0.886. The molecule has 0 saturated carbocycles. The first-order valence-electron chi connectivity index (χ1n) is 6.01. The lowest BCUT2D eigenvalue weighted by Crippen LogP contribution is -2.28. The Balaban J connectivity index is 2.08. The van der Waals surface area contributed by atoms with Crippen molar-refractivity contribution in [2.75, 3.05) is 0 Å². The molecular formula is C12H16N4OS2. The highest BCUT2D eigenvalue weighted by Crippen LogP contribution is 2.21. The molecule has 2 heterocycles. The highest BCUT2D eigenvalue weighted by Gasteiger charge is 2.18. The fourth-order valence-electron chi connectivity index (χ4n) is 1.61. The number of hydrogen-bond donors (Lipinski definition) is 2. The van der Waals surface area contributed by atoms with E-state index in [9.17, 15) is 4.79 Å². The number of hydrogen-bond acceptors (Lipinski definition) is 6. The molecule has 0 radical (unpaired) electrons. The van der Waals surface area contributed by atoms with Gasteiger partial charge in [0.2, 0.25) is 0 Å². The summed E-state index contributed by atoms with van der Waals surface area (Å²) in [6.07, 6.45) is 0.798. The van der Waals surface area contributed by atoms with Gasteiger partial charge in [0.05, 0.1) is 6.04 Å². The van der Waals surface area contributed by atoms with Gasteiger partial charge in [0.1, 0.15) is 15.7 Å². The Morgan fingerprint density at radius 1 is 1.42 bits per heavy atom. The van der Waals surface area contributed by atoms with Crippen LogP contribution in [-0.4, -0.2) is 15.9 Å². The lowest BCUT2D eigenvalue weighted by molar-refractivity contribution is 0.0931. The Bertz CT molecular complexity index is 564. The second-order valence-electron chi connectivity index (χ2n) is 4.09. The average molecular weight is 296 g/mol. The van der Waals surface area contributed by atoms with Crippen LogP contribution in [0.1, 0.15) is 45.6 Å². The first-order valence-corrected chi connectivity index (χ1v) is 7.77. The first kappa shape index (κ1) is 14.1. The molecule has 2 aromatic heterocycles. The van der Waals surface area contributed by atoms with E-state index in [0.29, 0.717) is 12.2 Å². The van der Waals surface area contributed by atoms with E-state index in [1.807, 2.05) is 19.2 Å². The third kappa shape index (κ3) is 3.37. The number of nitrogens with one attached hydrogen (secondary N) is 1. The van der Waals surface area contributed by atoms with Crippen molar-refractivity contribution in [2.45, 2.75) is 32.9 Å². The minimum Gasteiger partial charge on any atom is -0.341 e. The Morgan fingerprint density at radius 3 is 2.74 bits per heavy atom. The van der Waals surface area contributed by atoms with Crippen LogP contribution in [-0.2, 0) is 6.54 Å². The number of amides is 1. The zero-order chi connectivity index (χ0) is 13.8. The predicted molar refractivity (Wildman–Crippen MR) is 77.4 cm³/mol. The van der Waals surface area contributed by atoms with Crippen molar-refractivity contribution in [2.24, 2.45) is 5.73 Å². The average Bonchev–Trinajstić information content (AvgIpc) is 3.04. The van der Waals surface area contributed by atoms with Gasteiger partial charge in [-0.3, -0.25) is 4.79 Å². The summed E-state index contributed by atoms with van der Waals surface area (Å²) < 4.78 is 0. The van der Waals surface area contributed by atoms with Crippen LogP contribution >= 0.6 is 22.7 Å². The standard InChI is InChI=1S/C12H16N4OS2/c1-3-8(12-14-7(2)5-19-12)16-11(17)9-6-18-10(4-13)15-9/h5-6,8H,3-4,13H2,1-2H3,(H,16,17). The molecule has 1 amide bonds. The molecule has 2 aromatic rings. The minimum atomic E-state index is -0.171. The molecule has 19 heavy (non-hydrogen) atoms. The predicted octanol–water partition coefficient (Wildman–Crippen LogP) is 2.25. The molecule has 0 fully saturated rings. The van der Waals surface area contributed by atoms with Crippen LogP contribution in [0.2, 0.25) is 0 Å². The van der Waals surface area contributed by atoms with Gasteiger partial charge in [-0.15, -0.1) is 22.7 Å². The molecule has 0 aliphatic carbocycles. The number of carbonyl (C=O) groups excluding carboxylic acids is 1. The van der Waals surface area contributed by atoms with Crippen LogP contribution in [0.15, 0.2) is 10.8 Å². The summed E-state index contributed by atoms with van der Waals surface area (Å²) >= 11 is 2.97. The largest absolute Gasteiger partial charge is 0.341 e. The molecule has 1 atom stereocenters. The van der Waals surface area contributed by atoms with Gasteiger partial charge in [-0.1, -0.05) is 6.92 Å². The Morgan fingerprint density at radius 2 is 2.21 bits per heavy atom. The molecule has 0 saturated heterocycles. The highest BCUT2D eigenvalue weighted by atomic mass is 32.1. The maximum Gasteiger partial charge on any atom is 0.271 e. The van der Waals surface area contributed by atoms with Crippen molar-refractivity contribution in [1.82, 2.24) is 15.3 Å². The van der Waals surface area contributed by atoms with Gasteiger partial charge in [-0.2, -0.15) is 0 Å². The van der Waals surface area contributed by atoms with Gasteiger partial charge in [0, 0.05) is 23.0 Å². The van der Waals surface area contributed by atoms with Crippen molar-refractivity contribution in [3.05, 3.63) is 32.2 Å². The van der Waals surface area contributed by atoms with E-state index in [0.717, 1.165) is 22.1 Å². The van der Waals surface area contributed by atoms with Crippen molar-refractivity contribution in [3.63, 3.8) is 0 Å². The van der Waals surface area contributed by atoms with Crippen LogP contribution in [0.5, 0.6) is 0 Å². The van der Waals surface area contributed by atoms with Crippen molar-refractivity contribution in [3.8, 4) is 0 Å². The molecule has 0 aliphatic rings. The molecule has 0 aromatic carbocycles. The van der Waals surface area contributed by atoms with Gasteiger partial charge in [-0.05, 0) is 13.3 Å². The molecule has 3 N–H and O–H groups in total. The number of carbonyl (C=O) groups is 1. The molecule has 7 heteroatoms. The summed E-state index contributed by atoms with van der Waals surface area (Å²) in [5, 5.41) is 8.38. The van der Waals surface area contributed by atoms with Crippen molar-refractivity contribution < 1.29 is 4.79 Å². The number of aryl methyl sites for hydroxylation is 1. The fraction of sp³-hybridized carbons (Fsp3) is 0.417.